The lowest BCUT2D eigenvalue weighted by Crippen LogP contribution is -2.19. The van der Waals surface area contributed by atoms with Crippen molar-refractivity contribution in [3.8, 4) is 11.1 Å². The van der Waals surface area contributed by atoms with Gasteiger partial charge in [-0.25, -0.2) is 8.78 Å². The van der Waals surface area contributed by atoms with Crippen molar-refractivity contribution < 1.29 is 31.9 Å². The van der Waals surface area contributed by atoms with Crippen molar-refractivity contribution in [3.63, 3.8) is 0 Å². The molecule has 0 heterocycles. The molecule has 0 saturated heterocycles. The molecule has 8 heteroatoms. The Hall–Kier alpha value is -2.48. The first-order valence-electron chi connectivity index (χ1n) is 7.57. The molecule has 2 rings (SSSR count). The van der Waals surface area contributed by atoms with Crippen molar-refractivity contribution in [3.05, 3.63) is 58.2 Å². The summed E-state index contributed by atoms with van der Waals surface area (Å²) >= 11 is 0. The van der Waals surface area contributed by atoms with Crippen LogP contribution in [0.15, 0.2) is 24.3 Å². The van der Waals surface area contributed by atoms with Gasteiger partial charge in [-0.05, 0) is 54.3 Å². The van der Waals surface area contributed by atoms with Crippen LogP contribution in [0.25, 0.3) is 11.1 Å². The van der Waals surface area contributed by atoms with E-state index in [1.807, 2.05) is 0 Å². The maximum absolute atomic E-state index is 14.4. The zero-order valence-corrected chi connectivity index (χ0v) is 13.9. The summed E-state index contributed by atoms with van der Waals surface area (Å²) in [5, 5.41) is 8.80. The second-order valence-electron chi connectivity index (χ2n) is 5.99. The summed E-state index contributed by atoms with van der Waals surface area (Å²) in [5.41, 5.74) is 4.13. The van der Waals surface area contributed by atoms with E-state index in [1.165, 1.54) is 19.1 Å². The highest BCUT2D eigenvalue weighted by Gasteiger charge is 2.37. The van der Waals surface area contributed by atoms with Crippen molar-refractivity contribution in [2.45, 2.75) is 32.5 Å². The molecule has 0 spiro atoms. The molecular formula is C18H16F5NO2. The first-order valence-corrected chi connectivity index (χ1v) is 7.57. The number of benzene rings is 2. The molecule has 1 unspecified atom stereocenters. The molecule has 140 valence electrons. The third-order valence-corrected chi connectivity index (χ3v) is 4.10. The van der Waals surface area contributed by atoms with Gasteiger partial charge in [-0.1, -0.05) is 6.07 Å². The van der Waals surface area contributed by atoms with E-state index >= 15 is 0 Å². The molecule has 2 aromatic carbocycles. The molecule has 0 aliphatic rings. The van der Waals surface area contributed by atoms with Gasteiger partial charge in [0, 0.05) is 11.6 Å². The van der Waals surface area contributed by atoms with Crippen molar-refractivity contribution in [1.29, 1.82) is 0 Å². The van der Waals surface area contributed by atoms with Gasteiger partial charge in [0.15, 0.2) is 0 Å². The molecule has 2 aromatic rings. The standard InChI is InChI=1S/C18H16F5NO2/c1-8-3-4-13(19)9(2)16(8)10-5-11(14(24)7-15(25)26)17(20)12(6-10)18(21,22)23/h3-6,14H,7,24H2,1-2H3,(H,25,26). The second-order valence-corrected chi connectivity index (χ2v) is 5.99. The number of carboxylic acid groups (broad SMARTS) is 1. The molecule has 26 heavy (non-hydrogen) atoms. The zero-order chi connectivity index (χ0) is 19.8. The van der Waals surface area contributed by atoms with Crippen LogP contribution in [-0.2, 0) is 11.0 Å². The third-order valence-electron chi connectivity index (χ3n) is 4.10. The summed E-state index contributed by atoms with van der Waals surface area (Å²) in [6.07, 6.45) is -5.77. The Labute approximate surface area is 146 Å². The zero-order valence-electron chi connectivity index (χ0n) is 13.9. The molecule has 0 radical (unpaired) electrons. The fourth-order valence-electron chi connectivity index (χ4n) is 2.83. The van der Waals surface area contributed by atoms with Crippen molar-refractivity contribution >= 4 is 5.97 Å². The minimum atomic E-state index is -5.02. The van der Waals surface area contributed by atoms with Crippen LogP contribution in [-0.4, -0.2) is 11.1 Å². The van der Waals surface area contributed by atoms with E-state index in [4.69, 9.17) is 10.8 Å². The molecule has 3 N–H and O–H groups in total. The Kier molecular flexibility index (Phi) is 5.36. The van der Waals surface area contributed by atoms with Gasteiger partial charge >= 0.3 is 12.1 Å². The Balaban J connectivity index is 2.80. The Bertz CT molecular complexity index is 862. The first-order chi connectivity index (χ1) is 11.9. The van der Waals surface area contributed by atoms with Crippen LogP contribution >= 0.6 is 0 Å². The van der Waals surface area contributed by atoms with Gasteiger partial charge in [0.25, 0.3) is 0 Å². The molecule has 0 fully saturated rings. The highest BCUT2D eigenvalue weighted by Crippen LogP contribution is 2.39. The largest absolute Gasteiger partial charge is 0.481 e. The van der Waals surface area contributed by atoms with Gasteiger partial charge in [0.1, 0.15) is 11.6 Å². The Morgan fingerprint density at radius 3 is 2.35 bits per heavy atom. The van der Waals surface area contributed by atoms with E-state index in [-0.39, 0.29) is 16.7 Å². The van der Waals surface area contributed by atoms with Gasteiger partial charge < -0.3 is 10.8 Å². The molecule has 0 amide bonds. The van der Waals surface area contributed by atoms with E-state index in [2.05, 4.69) is 0 Å². The minimum absolute atomic E-state index is 0.0796. The summed E-state index contributed by atoms with van der Waals surface area (Å²) in [6.45, 7) is 2.97. The van der Waals surface area contributed by atoms with Gasteiger partial charge in [-0.15, -0.1) is 0 Å². The average molecular weight is 373 g/mol. The summed E-state index contributed by atoms with van der Waals surface area (Å²) in [4.78, 5) is 10.8. The molecule has 0 bridgehead atoms. The van der Waals surface area contributed by atoms with Crippen LogP contribution in [0.1, 0.15) is 34.7 Å². The normalized spacial score (nSPS) is 12.9. The van der Waals surface area contributed by atoms with Gasteiger partial charge in [0.05, 0.1) is 12.0 Å². The highest BCUT2D eigenvalue weighted by molar-refractivity contribution is 5.73. The van der Waals surface area contributed by atoms with E-state index < -0.39 is 47.4 Å². The van der Waals surface area contributed by atoms with E-state index in [0.717, 1.165) is 6.07 Å². The fraction of sp³-hybridized carbons (Fsp3) is 0.278. The van der Waals surface area contributed by atoms with Crippen LogP contribution in [0.4, 0.5) is 22.0 Å². The van der Waals surface area contributed by atoms with Gasteiger partial charge in [-0.3, -0.25) is 4.79 Å². The van der Waals surface area contributed by atoms with Crippen molar-refractivity contribution in [2.24, 2.45) is 5.73 Å². The first kappa shape index (κ1) is 19.8. The predicted octanol–water partition coefficient (Wildman–Crippen LogP) is 4.74. The van der Waals surface area contributed by atoms with E-state index in [9.17, 15) is 26.7 Å². The SMILES string of the molecule is Cc1ccc(F)c(C)c1-c1cc(C(N)CC(=O)O)c(F)c(C(F)(F)F)c1. The Morgan fingerprint density at radius 2 is 1.81 bits per heavy atom. The van der Waals surface area contributed by atoms with Crippen LogP contribution < -0.4 is 5.73 Å². The molecule has 0 aliphatic carbocycles. The second kappa shape index (κ2) is 7.03. The maximum Gasteiger partial charge on any atom is 0.419 e. The molecule has 1 atom stereocenters. The lowest BCUT2D eigenvalue weighted by Gasteiger charge is -2.19. The van der Waals surface area contributed by atoms with Crippen LogP contribution in [0.5, 0.6) is 0 Å². The minimum Gasteiger partial charge on any atom is -0.481 e. The van der Waals surface area contributed by atoms with Crippen LogP contribution in [0.3, 0.4) is 0 Å². The van der Waals surface area contributed by atoms with Gasteiger partial charge in [0.2, 0.25) is 0 Å². The summed E-state index contributed by atoms with van der Waals surface area (Å²) < 4.78 is 68.0. The van der Waals surface area contributed by atoms with Crippen molar-refractivity contribution in [2.75, 3.05) is 0 Å². The Morgan fingerprint density at radius 1 is 1.19 bits per heavy atom. The summed E-state index contributed by atoms with van der Waals surface area (Å²) in [5.74, 6) is -3.63. The topological polar surface area (TPSA) is 63.3 Å². The quantitative estimate of drug-likeness (QED) is 0.761. The number of aliphatic carboxylic acids is 1. The molecular weight excluding hydrogens is 357 g/mol. The molecule has 0 saturated carbocycles. The molecule has 3 nitrogen and oxygen atoms in total. The van der Waals surface area contributed by atoms with E-state index in [1.54, 1.807) is 6.92 Å². The number of hydrogen-bond donors (Lipinski definition) is 2. The predicted molar refractivity (Wildman–Crippen MR) is 85.5 cm³/mol. The van der Waals surface area contributed by atoms with Crippen LogP contribution in [0, 0.1) is 25.5 Å². The average Bonchev–Trinajstić information content (AvgIpc) is 2.50. The maximum atomic E-state index is 14.4. The number of carbonyl (C=O) groups is 1. The number of carboxylic acids is 1. The number of alkyl halides is 3. The number of rotatable bonds is 4. The third kappa shape index (κ3) is 3.85. The number of nitrogens with two attached hydrogens (primary N) is 1. The fourth-order valence-corrected chi connectivity index (χ4v) is 2.83. The van der Waals surface area contributed by atoms with E-state index in [0.29, 0.717) is 11.6 Å². The highest BCUT2D eigenvalue weighted by atomic mass is 19.4. The summed E-state index contributed by atoms with van der Waals surface area (Å²) in [7, 11) is 0. The smallest absolute Gasteiger partial charge is 0.419 e. The lowest BCUT2D eigenvalue weighted by atomic mass is 9.90. The molecule has 0 aliphatic heterocycles. The monoisotopic (exact) mass is 373 g/mol. The van der Waals surface area contributed by atoms with Crippen LogP contribution in [0.2, 0.25) is 0 Å². The van der Waals surface area contributed by atoms with Gasteiger partial charge in [-0.2, -0.15) is 13.2 Å². The number of aryl methyl sites for hydroxylation is 1. The number of hydrogen-bond acceptors (Lipinski definition) is 2. The molecule has 0 aromatic heterocycles. The summed E-state index contributed by atoms with van der Waals surface area (Å²) in [6, 6.07) is 2.72. The lowest BCUT2D eigenvalue weighted by molar-refractivity contribution is -0.140. The number of halogens is 5. The van der Waals surface area contributed by atoms with Crippen molar-refractivity contribution in [1.82, 2.24) is 0 Å².